The predicted molar refractivity (Wildman–Crippen MR) is 77.9 cm³/mol. The van der Waals surface area contributed by atoms with E-state index in [4.69, 9.17) is 4.84 Å². The Labute approximate surface area is 123 Å². The third-order valence-corrected chi connectivity index (χ3v) is 3.24. The van der Waals surface area contributed by atoms with Crippen molar-refractivity contribution in [3.05, 3.63) is 38.7 Å². The van der Waals surface area contributed by atoms with Crippen LogP contribution >= 0.6 is 15.9 Å². The van der Waals surface area contributed by atoms with Crippen molar-refractivity contribution in [3.63, 3.8) is 0 Å². The fourth-order valence-electron chi connectivity index (χ4n) is 1.58. The number of nitrogens with zero attached hydrogens (tertiary/aromatic N) is 5. The summed E-state index contributed by atoms with van der Waals surface area (Å²) in [7, 11) is 1.55. The molecular formula is C12H14BrN5O2. The van der Waals surface area contributed by atoms with E-state index >= 15 is 0 Å². The highest BCUT2D eigenvalue weighted by Gasteiger charge is 2.13. The van der Waals surface area contributed by atoms with Crippen LogP contribution in [0.1, 0.15) is 19.4 Å². The summed E-state index contributed by atoms with van der Waals surface area (Å²) >= 11 is 3.44. The molecule has 0 amide bonds. The van der Waals surface area contributed by atoms with Crippen LogP contribution in [0.25, 0.3) is 5.69 Å². The largest absolute Gasteiger partial charge is 0.391 e. The molecule has 0 saturated heterocycles. The molecule has 106 valence electrons. The predicted octanol–water partition coefficient (Wildman–Crippen LogP) is 1.64. The number of aromatic nitrogens is 4. The topological polar surface area (TPSA) is 74.3 Å². The van der Waals surface area contributed by atoms with E-state index in [-0.39, 0.29) is 12.3 Å². The molecule has 0 aliphatic carbocycles. The van der Waals surface area contributed by atoms with E-state index in [1.807, 2.05) is 26.0 Å². The Kier molecular flexibility index (Phi) is 4.33. The summed E-state index contributed by atoms with van der Waals surface area (Å²) in [5, 5.41) is 11.4. The normalized spacial score (nSPS) is 10.4. The zero-order chi connectivity index (χ0) is 14.7. The lowest BCUT2D eigenvalue weighted by atomic mass is 10.2. The van der Waals surface area contributed by atoms with E-state index in [0.29, 0.717) is 5.69 Å². The van der Waals surface area contributed by atoms with Crippen molar-refractivity contribution < 1.29 is 4.84 Å². The van der Waals surface area contributed by atoms with Gasteiger partial charge in [0, 0.05) is 17.1 Å². The Bertz CT molecular complexity index is 700. The fourth-order valence-corrected chi connectivity index (χ4v) is 2.05. The van der Waals surface area contributed by atoms with Crippen molar-refractivity contribution >= 4 is 21.6 Å². The molecule has 1 aromatic heterocycles. The summed E-state index contributed by atoms with van der Waals surface area (Å²) < 4.78 is 3.21. The van der Waals surface area contributed by atoms with Gasteiger partial charge in [0.05, 0.1) is 11.4 Å². The molecule has 0 atom stereocenters. The van der Waals surface area contributed by atoms with Crippen LogP contribution in [0, 0.1) is 0 Å². The van der Waals surface area contributed by atoms with Crippen LogP contribution < -0.4 is 5.69 Å². The highest BCUT2D eigenvalue weighted by molar-refractivity contribution is 9.10. The fraction of sp³-hybridized carbons (Fsp3) is 0.333. The molecule has 0 radical (unpaired) electrons. The minimum absolute atomic E-state index is 0.227. The zero-order valence-electron chi connectivity index (χ0n) is 11.4. The Balaban J connectivity index is 2.43. The number of hydrogen-bond acceptors (Lipinski definition) is 5. The average molecular weight is 340 g/mol. The molecule has 20 heavy (non-hydrogen) atoms. The SMILES string of the molecule is CC(C)=NOCc1c(Br)cccc1-n1nnn(C)c1=O. The van der Waals surface area contributed by atoms with Crippen LogP contribution in [0.5, 0.6) is 0 Å². The highest BCUT2D eigenvalue weighted by atomic mass is 79.9. The maximum absolute atomic E-state index is 11.9. The van der Waals surface area contributed by atoms with Crippen LogP contribution in [-0.2, 0) is 18.5 Å². The van der Waals surface area contributed by atoms with Gasteiger partial charge in [-0.3, -0.25) is 0 Å². The number of rotatable bonds is 4. The van der Waals surface area contributed by atoms with E-state index in [0.717, 1.165) is 15.7 Å². The number of oxime groups is 1. The molecule has 2 aromatic rings. The standard InChI is InChI=1S/C12H14BrN5O2/c1-8(2)14-20-7-9-10(13)5-4-6-11(9)18-12(19)17(3)15-16-18/h4-6H,7H2,1-3H3. The van der Waals surface area contributed by atoms with Gasteiger partial charge in [0.15, 0.2) is 0 Å². The molecule has 0 bridgehead atoms. The van der Waals surface area contributed by atoms with E-state index in [1.165, 1.54) is 9.36 Å². The molecule has 8 heteroatoms. The molecule has 1 aromatic carbocycles. The molecule has 1 heterocycles. The second-order valence-electron chi connectivity index (χ2n) is 4.35. The van der Waals surface area contributed by atoms with Crippen molar-refractivity contribution in [1.82, 2.24) is 19.8 Å². The van der Waals surface area contributed by atoms with Gasteiger partial charge in [0.2, 0.25) is 0 Å². The lowest BCUT2D eigenvalue weighted by molar-refractivity contribution is 0.129. The van der Waals surface area contributed by atoms with Gasteiger partial charge in [-0.05, 0) is 36.4 Å². The van der Waals surface area contributed by atoms with Crippen LogP contribution in [0.15, 0.2) is 32.6 Å². The summed E-state index contributed by atoms with van der Waals surface area (Å²) in [6.45, 7) is 3.91. The number of hydrogen-bond donors (Lipinski definition) is 0. The average Bonchev–Trinajstić information content (AvgIpc) is 2.72. The van der Waals surface area contributed by atoms with Crippen LogP contribution in [0.3, 0.4) is 0 Å². The molecular weight excluding hydrogens is 326 g/mol. The molecule has 0 N–H and O–H groups in total. The zero-order valence-corrected chi connectivity index (χ0v) is 13.0. The molecule has 0 aliphatic rings. The summed E-state index contributed by atoms with van der Waals surface area (Å²) in [6, 6.07) is 5.46. The van der Waals surface area contributed by atoms with Gasteiger partial charge in [-0.1, -0.05) is 27.2 Å². The number of benzene rings is 1. The number of aryl methyl sites for hydroxylation is 1. The smallest absolute Gasteiger partial charge is 0.368 e. The van der Waals surface area contributed by atoms with Gasteiger partial charge in [-0.2, -0.15) is 9.36 Å². The summed E-state index contributed by atoms with van der Waals surface area (Å²) in [6.07, 6.45) is 0. The lowest BCUT2D eigenvalue weighted by Crippen LogP contribution is -2.23. The van der Waals surface area contributed by atoms with Crippen molar-refractivity contribution in [1.29, 1.82) is 0 Å². The third-order valence-electron chi connectivity index (χ3n) is 2.50. The Morgan fingerprint density at radius 3 is 2.75 bits per heavy atom. The number of tetrazole rings is 1. The van der Waals surface area contributed by atoms with Crippen LogP contribution in [-0.4, -0.2) is 25.5 Å². The van der Waals surface area contributed by atoms with E-state index in [9.17, 15) is 4.79 Å². The molecule has 0 saturated carbocycles. The van der Waals surface area contributed by atoms with Crippen molar-refractivity contribution in [2.75, 3.05) is 0 Å². The van der Waals surface area contributed by atoms with Crippen molar-refractivity contribution in [2.45, 2.75) is 20.5 Å². The van der Waals surface area contributed by atoms with Crippen molar-refractivity contribution in [3.8, 4) is 5.69 Å². The summed E-state index contributed by atoms with van der Waals surface area (Å²) in [5.74, 6) is 0. The third kappa shape index (κ3) is 2.96. The van der Waals surface area contributed by atoms with Gasteiger partial charge in [-0.25, -0.2) is 4.79 Å². The second kappa shape index (κ2) is 6.00. The first-order valence-corrected chi connectivity index (χ1v) is 6.70. The summed E-state index contributed by atoms with van der Waals surface area (Å²) in [4.78, 5) is 17.2. The monoisotopic (exact) mass is 339 g/mol. The number of halogens is 1. The first-order valence-electron chi connectivity index (χ1n) is 5.90. The first kappa shape index (κ1) is 14.4. The van der Waals surface area contributed by atoms with Crippen molar-refractivity contribution in [2.24, 2.45) is 12.2 Å². The molecule has 2 rings (SSSR count). The first-order chi connectivity index (χ1) is 9.50. The van der Waals surface area contributed by atoms with Gasteiger partial charge < -0.3 is 4.84 Å². The second-order valence-corrected chi connectivity index (χ2v) is 5.20. The summed E-state index contributed by atoms with van der Waals surface area (Å²) in [5.41, 5.74) is 1.89. The molecule has 0 spiro atoms. The van der Waals surface area contributed by atoms with Crippen LogP contribution in [0.4, 0.5) is 0 Å². The maximum atomic E-state index is 11.9. The maximum Gasteiger partial charge on any atom is 0.368 e. The molecule has 0 unspecified atom stereocenters. The van der Waals surface area contributed by atoms with Gasteiger partial charge >= 0.3 is 5.69 Å². The highest BCUT2D eigenvalue weighted by Crippen LogP contribution is 2.23. The molecule has 0 aliphatic heterocycles. The minimum Gasteiger partial charge on any atom is -0.391 e. The Hall–Kier alpha value is -1.96. The van der Waals surface area contributed by atoms with Gasteiger partial charge in [-0.15, -0.1) is 0 Å². The Morgan fingerprint density at radius 1 is 1.40 bits per heavy atom. The van der Waals surface area contributed by atoms with Gasteiger partial charge in [0.25, 0.3) is 0 Å². The van der Waals surface area contributed by atoms with E-state index in [1.54, 1.807) is 13.1 Å². The Morgan fingerprint density at radius 2 is 2.15 bits per heavy atom. The minimum atomic E-state index is -0.320. The van der Waals surface area contributed by atoms with E-state index in [2.05, 4.69) is 31.5 Å². The van der Waals surface area contributed by atoms with Crippen LogP contribution in [0.2, 0.25) is 0 Å². The van der Waals surface area contributed by atoms with E-state index < -0.39 is 0 Å². The molecule has 0 fully saturated rings. The molecule has 7 nitrogen and oxygen atoms in total. The lowest BCUT2D eigenvalue weighted by Gasteiger charge is -2.09. The quantitative estimate of drug-likeness (QED) is 0.626. The van der Waals surface area contributed by atoms with Gasteiger partial charge in [0.1, 0.15) is 6.61 Å².